The van der Waals surface area contributed by atoms with Gasteiger partial charge in [-0.05, 0) is 30.2 Å². The zero-order chi connectivity index (χ0) is 14.5. The lowest BCUT2D eigenvalue weighted by atomic mass is 10.1. The highest BCUT2D eigenvalue weighted by Gasteiger charge is 2.13. The Labute approximate surface area is 115 Å². The van der Waals surface area contributed by atoms with Crippen molar-refractivity contribution in [2.75, 3.05) is 7.11 Å². The topological polar surface area (TPSA) is 74.4 Å². The van der Waals surface area contributed by atoms with E-state index >= 15 is 0 Å². The Bertz CT molecular complexity index is 662. The zero-order valence-corrected chi connectivity index (χ0v) is 11.0. The van der Waals surface area contributed by atoms with Crippen LogP contribution >= 0.6 is 0 Å². The van der Waals surface area contributed by atoms with E-state index in [1.807, 2.05) is 24.3 Å². The van der Waals surface area contributed by atoms with E-state index in [1.165, 1.54) is 16.7 Å². The number of methoxy groups -OCH3 is 1. The lowest BCUT2D eigenvalue weighted by molar-refractivity contribution is -0.386. The van der Waals surface area contributed by atoms with Gasteiger partial charge in [0.1, 0.15) is 5.75 Å². The standard InChI is InChI=1S/C14H14N2O4/c1-20-12-6-4-11(5-7-12)8-10-15-9-2-3-13(14(15)17)16(18)19/h2-7,9H,8,10H2,1H3. The highest BCUT2D eigenvalue weighted by Crippen LogP contribution is 2.12. The maximum Gasteiger partial charge on any atom is 0.334 e. The van der Waals surface area contributed by atoms with Crippen molar-refractivity contribution in [1.82, 2.24) is 4.57 Å². The fourth-order valence-corrected chi connectivity index (χ4v) is 1.88. The third kappa shape index (κ3) is 3.03. The molecule has 0 aliphatic heterocycles. The fourth-order valence-electron chi connectivity index (χ4n) is 1.88. The molecule has 6 heteroatoms. The van der Waals surface area contributed by atoms with Crippen LogP contribution in [0.2, 0.25) is 0 Å². The Balaban J connectivity index is 2.12. The van der Waals surface area contributed by atoms with Gasteiger partial charge in [-0.3, -0.25) is 14.9 Å². The minimum Gasteiger partial charge on any atom is -0.497 e. The zero-order valence-electron chi connectivity index (χ0n) is 11.0. The molecule has 2 rings (SSSR count). The predicted octanol–water partition coefficient (Wildman–Crippen LogP) is 2.01. The first-order chi connectivity index (χ1) is 9.61. The summed E-state index contributed by atoms with van der Waals surface area (Å²) in [6.07, 6.45) is 2.17. The van der Waals surface area contributed by atoms with Crippen LogP contribution in [0.5, 0.6) is 5.75 Å². The fraction of sp³-hybridized carbons (Fsp3) is 0.214. The van der Waals surface area contributed by atoms with Crippen LogP contribution in [0.3, 0.4) is 0 Å². The molecule has 0 saturated carbocycles. The van der Waals surface area contributed by atoms with E-state index in [0.29, 0.717) is 13.0 Å². The number of aryl methyl sites for hydroxylation is 2. The number of nitrogens with zero attached hydrogens (tertiary/aromatic N) is 2. The second-order valence-electron chi connectivity index (χ2n) is 4.25. The van der Waals surface area contributed by atoms with Crippen LogP contribution in [0, 0.1) is 10.1 Å². The third-order valence-electron chi connectivity index (χ3n) is 3.00. The number of hydrogen-bond acceptors (Lipinski definition) is 4. The Hall–Kier alpha value is -2.63. The monoisotopic (exact) mass is 274 g/mol. The molecule has 20 heavy (non-hydrogen) atoms. The highest BCUT2D eigenvalue weighted by atomic mass is 16.6. The molecule has 0 aliphatic rings. The summed E-state index contributed by atoms with van der Waals surface area (Å²) in [5.41, 5.74) is 0.0532. The summed E-state index contributed by atoms with van der Waals surface area (Å²) in [6, 6.07) is 10.2. The molecule has 6 nitrogen and oxygen atoms in total. The molecule has 1 heterocycles. The first-order valence-corrected chi connectivity index (χ1v) is 6.08. The van der Waals surface area contributed by atoms with Crippen LogP contribution in [0.4, 0.5) is 5.69 Å². The molecule has 0 radical (unpaired) electrons. The number of pyridine rings is 1. The van der Waals surface area contributed by atoms with Gasteiger partial charge in [-0.2, -0.15) is 0 Å². The normalized spacial score (nSPS) is 10.2. The van der Waals surface area contributed by atoms with Gasteiger partial charge in [0.2, 0.25) is 0 Å². The van der Waals surface area contributed by atoms with Crippen LogP contribution in [0.1, 0.15) is 5.56 Å². The summed E-state index contributed by atoms with van der Waals surface area (Å²) in [5.74, 6) is 0.765. The number of ether oxygens (including phenoxy) is 1. The van der Waals surface area contributed by atoms with E-state index in [1.54, 1.807) is 13.3 Å². The number of benzene rings is 1. The quantitative estimate of drug-likeness (QED) is 0.617. The Kier molecular flexibility index (Phi) is 4.14. The lowest BCUT2D eigenvalue weighted by Gasteiger charge is -2.06. The van der Waals surface area contributed by atoms with Gasteiger partial charge in [0.15, 0.2) is 0 Å². The molecule has 0 amide bonds. The van der Waals surface area contributed by atoms with Gasteiger partial charge in [0.05, 0.1) is 12.0 Å². The van der Waals surface area contributed by atoms with E-state index in [-0.39, 0.29) is 0 Å². The largest absolute Gasteiger partial charge is 0.497 e. The van der Waals surface area contributed by atoms with Crippen LogP contribution in [-0.2, 0) is 13.0 Å². The van der Waals surface area contributed by atoms with Gasteiger partial charge in [-0.15, -0.1) is 0 Å². The predicted molar refractivity (Wildman–Crippen MR) is 74.1 cm³/mol. The van der Waals surface area contributed by atoms with E-state index in [9.17, 15) is 14.9 Å². The molecule has 0 aliphatic carbocycles. The summed E-state index contributed by atoms with van der Waals surface area (Å²) in [5, 5.41) is 10.7. The summed E-state index contributed by atoms with van der Waals surface area (Å²) in [6.45, 7) is 0.396. The SMILES string of the molecule is COc1ccc(CCn2cccc([N+](=O)[O-])c2=O)cc1. The molecule has 0 saturated heterocycles. The van der Waals surface area contributed by atoms with Crippen LogP contribution in [0.15, 0.2) is 47.4 Å². The minimum absolute atomic E-state index is 0.396. The van der Waals surface area contributed by atoms with Gasteiger partial charge in [-0.1, -0.05) is 12.1 Å². The number of aromatic nitrogens is 1. The number of hydrogen-bond donors (Lipinski definition) is 0. The van der Waals surface area contributed by atoms with Gasteiger partial charge in [-0.25, -0.2) is 0 Å². The molecule has 0 unspecified atom stereocenters. The van der Waals surface area contributed by atoms with Crippen molar-refractivity contribution in [2.45, 2.75) is 13.0 Å². The summed E-state index contributed by atoms with van der Waals surface area (Å²) in [7, 11) is 1.59. The van der Waals surface area contributed by atoms with Crippen molar-refractivity contribution in [2.24, 2.45) is 0 Å². The highest BCUT2D eigenvalue weighted by molar-refractivity contribution is 5.28. The first-order valence-electron chi connectivity index (χ1n) is 6.08. The van der Waals surface area contributed by atoms with Crippen molar-refractivity contribution < 1.29 is 9.66 Å². The van der Waals surface area contributed by atoms with Crippen LogP contribution < -0.4 is 10.3 Å². The summed E-state index contributed by atoms with van der Waals surface area (Å²) >= 11 is 0. The molecule has 2 aromatic rings. The van der Waals surface area contributed by atoms with Gasteiger partial charge >= 0.3 is 11.2 Å². The first kappa shape index (κ1) is 13.8. The molecule has 0 atom stereocenters. The van der Waals surface area contributed by atoms with Crippen molar-refractivity contribution in [3.63, 3.8) is 0 Å². The van der Waals surface area contributed by atoms with Gasteiger partial charge < -0.3 is 9.30 Å². The number of nitro groups is 1. The van der Waals surface area contributed by atoms with Crippen molar-refractivity contribution in [1.29, 1.82) is 0 Å². The minimum atomic E-state index is -0.661. The molecule has 0 bridgehead atoms. The Morgan fingerprint density at radius 1 is 1.25 bits per heavy atom. The molecular weight excluding hydrogens is 260 g/mol. The summed E-state index contributed by atoms with van der Waals surface area (Å²) in [4.78, 5) is 21.9. The lowest BCUT2D eigenvalue weighted by Crippen LogP contribution is -2.22. The van der Waals surface area contributed by atoms with Crippen molar-refractivity contribution >= 4 is 5.69 Å². The smallest absolute Gasteiger partial charge is 0.334 e. The molecule has 1 aromatic heterocycles. The molecule has 1 aromatic carbocycles. The van der Waals surface area contributed by atoms with Crippen molar-refractivity contribution in [3.05, 3.63) is 68.6 Å². The van der Waals surface area contributed by atoms with Gasteiger partial charge in [0, 0.05) is 18.8 Å². The maximum atomic E-state index is 11.8. The number of rotatable bonds is 5. The summed E-state index contributed by atoms with van der Waals surface area (Å²) < 4.78 is 6.41. The average Bonchev–Trinajstić information content (AvgIpc) is 2.46. The molecule has 0 N–H and O–H groups in total. The molecule has 104 valence electrons. The van der Waals surface area contributed by atoms with Crippen LogP contribution in [0.25, 0.3) is 0 Å². The van der Waals surface area contributed by atoms with E-state index in [2.05, 4.69) is 0 Å². The molecule has 0 spiro atoms. The average molecular weight is 274 g/mol. The second-order valence-corrected chi connectivity index (χ2v) is 4.25. The van der Waals surface area contributed by atoms with Crippen molar-refractivity contribution in [3.8, 4) is 5.75 Å². The molecular formula is C14H14N2O4. The van der Waals surface area contributed by atoms with E-state index in [0.717, 1.165) is 11.3 Å². The van der Waals surface area contributed by atoms with Crippen LogP contribution in [-0.4, -0.2) is 16.6 Å². The Morgan fingerprint density at radius 3 is 2.55 bits per heavy atom. The van der Waals surface area contributed by atoms with E-state index < -0.39 is 16.2 Å². The van der Waals surface area contributed by atoms with Gasteiger partial charge in [0.25, 0.3) is 0 Å². The van der Waals surface area contributed by atoms with E-state index in [4.69, 9.17) is 4.74 Å². The Morgan fingerprint density at radius 2 is 1.95 bits per heavy atom. The third-order valence-corrected chi connectivity index (χ3v) is 3.00. The second kappa shape index (κ2) is 6.01. The maximum absolute atomic E-state index is 11.8. The molecule has 0 fully saturated rings.